The van der Waals surface area contributed by atoms with Gasteiger partial charge in [0.05, 0.1) is 11.1 Å². The molecular weight excluding hydrogens is 454 g/mol. The summed E-state index contributed by atoms with van der Waals surface area (Å²) in [5, 5.41) is 0. The van der Waals surface area contributed by atoms with E-state index in [-0.39, 0.29) is 11.7 Å². The highest BCUT2D eigenvalue weighted by atomic mass is 19.4. The molecule has 1 nitrogen and oxygen atoms in total. The maximum absolute atomic E-state index is 13.2. The number of ketones is 1. The van der Waals surface area contributed by atoms with Gasteiger partial charge in [-0.15, -0.1) is 0 Å². The van der Waals surface area contributed by atoms with Crippen molar-refractivity contribution in [3.8, 4) is 0 Å². The van der Waals surface area contributed by atoms with Crippen LogP contribution in [-0.4, -0.2) is 5.78 Å². The Kier molecular flexibility index (Phi) is 8.05. The van der Waals surface area contributed by atoms with E-state index in [0.29, 0.717) is 35.1 Å². The predicted molar refractivity (Wildman–Crippen MR) is 121 cm³/mol. The van der Waals surface area contributed by atoms with Gasteiger partial charge in [-0.1, -0.05) is 50.5 Å². The van der Waals surface area contributed by atoms with Crippen molar-refractivity contribution in [1.29, 1.82) is 0 Å². The Morgan fingerprint density at radius 2 is 1.15 bits per heavy atom. The molecule has 34 heavy (non-hydrogen) atoms. The molecule has 1 unspecified atom stereocenters. The van der Waals surface area contributed by atoms with Crippen LogP contribution < -0.4 is 0 Å². The minimum absolute atomic E-state index is 0.186. The lowest BCUT2D eigenvalue weighted by Gasteiger charge is -2.26. The molecule has 0 spiro atoms. The highest BCUT2D eigenvalue weighted by molar-refractivity contribution is 6.14. The molecule has 0 amide bonds. The van der Waals surface area contributed by atoms with Crippen LogP contribution in [0.5, 0.6) is 0 Å². The molecular formula is C27H26F6O. The zero-order chi connectivity index (χ0) is 24.9. The van der Waals surface area contributed by atoms with Crippen LogP contribution in [0.25, 0.3) is 12.2 Å². The van der Waals surface area contributed by atoms with E-state index in [4.69, 9.17) is 0 Å². The van der Waals surface area contributed by atoms with Crippen LogP contribution in [0.15, 0.2) is 59.7 Å². The first-order valence-electron chi connectivity index (χ1n) is 11.3. The lowest BCUT2D eigenvalue weighted by molar-refractivity contribution is -0.138. The maximum Gasteiger partial charge on any atom is 0.416 e. The molecule has 0 aromatic heterocycles. The molecule has 1 fully saturated rings. The van der Waals surface area contributed by atoms with Crippen molar-refractivity contribution in [2.75, 3.05) is 0 Å². The molecule has 0 heterocycles. The Morgan fingerprint density at radius 3 is 1.50 bits per heavy atom. The first-order valence-corrected chi connectivity index (χ1v) is 11.3. The second-order valence-corrected chi connectivity index (χ2v) is 8.68. The minimum Gasteiger partial charge on any atom is -0.289 e. The summed E-state index contributed by atoms with van der Waals surface area (Å²) in [7, 11) is 0. The number of rotatable bonds is 6. The average Bonchev–Trinajstić information content (AvgIpc) is 2.76. The summed E-state index contributed by atoms with van der Waals surface area (Å²) in [6, 6.07) is 9.28. The summed E-state index contributed by atoms with van der Waals surface area (Å²) < 4.78 is 77.1. The van der Waals surface area contributed by atoms with Crippen LogP contribution in [-0.2, 0) is 17.1 Å². The second-order valence-electron chi connectivity index (χ2n) is 8.68. The van der Waals surface area contributed by atoms with Crippen molar-refractivity contribution in [2.45, 2.75) is 57.8 Å². The van der Waals surface area contributed by atoms with E-state index in [1.807, 2.05) is 0 Å². The predicted octanol–water partition coefficient (Wildman–Crippen LogP) is 8.75. The van der Waals surface area contributed by atoms with Gasteiger partial charge in [0.15, 0.2) is 5.78 Å². The zero-order valence-electron chi connectivity index (χ0n) is 18.8. The van der Waals surface area contributed by atoms with E-state index in [0.717, 1.165) is 49.9 Å². The number of unbranched alkanes of at least 4 members (excludes halogenated alkanes) is 2. The molecule has 3 rings (SSSR count). The van der Waals surface area contributed by atoms with Crippen molar-refractivity contribution < 1.29 is 31.1 Å². The standard InChI is InChI=1S/C27H26F6O/c1-2-3-4-5-20-16-21(14-18-6-10-23(11-7-18)26(28,29)30)25(34)22(17-20)15-19-8-12-24(13-9-19)27(31,32)33/h6-15,20H,2-5,16-17H2,1H3/b21-14-,22-15+. The Balaban J connectivity index is 1.89. The fraction of sp³-hybridized carbons (Fsp3) is 0.370. The SMILES string of the molecule is CCCCCC1C/C(=C/c2ccc(C(F)(F)F)cc2)C(=O)/C(=C/c2ccc(C(F)(F)F)cc2)C1. The molecule has 2 aromatic rings. The van der Waals surface area contributed by atoms with E-state index in [9.17, 15) is 31.1 Å². The summed E-state index contributed by atoms with van der Waals surface area (Å²) in [6.07, 6.45) is -0.588. The van der Waals surface area contributed by atoms with Gasteiger partial charge in [-0.2, -0.15) is 26.3 Å². The van der Waals surface area contributed by atoms with Gasteiger partial charge in [-0.05, 0) is 72.7 Å². The lowest BCUT2D eigenvalue weighted by Crippen LogP contribution is -2.20. The molecule has 0 N–H and O–H groups in total. The van der Waals surface area contributed by atoms with Gasteiger partial charge in [-0.3, -0.25) is 4.79 Å². The molecule has 1 aliphatic carbocycles. The Labute approximate surface area is 195 Å². The van der Waals surface area contributed by atoms with Crippen molar-refractivity contribution in [3.05, 3.63) is 81.9 Å². The molecule has 0 aliphatic heterocycles. The number of carbonyl (C=O) groups excluding carboxylic acids is 1. The number of allylic oxidation sites excluding steroid dienone is 2. The maximum atomic E-state index is 13.2. The highest BCUT2D eigenvalue weighted by Gasteiger charge is 2.31. The van der Waals surface area contributed by atoms with Crippen LogP contribution in [0.2, 0.25) is 0 Å². The molecule has 1 saturated carbocycles. The van der Waals surface area contributed by atoms with Crippen molar-refractivity contribution >= 4 is 17.9 Å². The number of benzene rings is 2. The number of hydrogen-bond acceptors (Lipinski definition) is 1. The molecule has 182 valence electrons. The summed E-state index contributed by atoms with van der Waals surface area (Å²) in [4.78, 5) is 13.2. The smallest absolute Gasteiger partial charge is 0.289 e. The van der Waals surface area contributed by atoms with E-state index in [2.05, 4.69) is 6.92 Å². The Bertz CT molecular complexity index is 961. The van der Waals surface area contributed by atoms with E-state index >= 15 is 0 Å². The molecule has 2 aromatic carbocycles. The third kappa shape index (κ3) is 6.84. The number of alkyl halides is 6. The van der Waals surface area contributed by atoms with Crippen molar-refractivity contribution in [1.82, 2.24) is 0 Å². The quantitative estimate of drug-likeness (QED) is 0.229. The molecule has 0 radical (unpaired) electrons. The third-order valence-corrected chi connectivity index (χ3v) is 5.97. The molecule has 0 bridgehead atoms. The van der Waals surface area contributed by atoms with Gasteiger partial charge in [0.2, 0.25) is 0 Å². The molecule has 1 aliphatic rings. The van der Waals surface area contributed by atoms with Gasteiger partial charge in [0, 0.05) is 11.1 Å². The van der Waals surface area contributed by atoms with Crippen LogP contribution in [0, 0.1) is 5.92 Å². The van der Waals surface area contributed by atoms with Crippen molar-refractivity contribution in [3.63, 3.8) is 0 Å². The number of halogens is 6. The van der Waals surface area contributed by atoms with Gasteiger partial charge in [0.1, 0.15) is 0 Å². The molecule has 7 heteroatoms. The molecule has 0 saturated heterocycles. The van der Waals surface area contributed by atoms with Gasteiger partial charge in [0.25, 0.3) is 0 Å². The van der Waals surface area contributed by atoms with E-state index in [1.54, 1.807) is 12.2 Å². The zero-order valence-corrected chi connectivity index (χ0v) is 18.8. The summed E-state index contributed by atoms with van der Waals surface area (Å²) in [5.74, 6) is -0.0304. The fourth-order valence-electron chi connectivity index (χ4n) is 4.16. The van der Waals surface area contributed by atoms with Gasteiger partial charge >= 0.3 is 12.4 Å². The third-order valence-electron chi connectivity index (χ3n) is 5.97. The van der Waals surface area contributed by atoms with Crippen LogP contribution >= 0.6 is 0 Å². The van der Waals surface area contributed by atoms with Crippen molar-refractivity contribution in [2.24, 2.45) is 5.92 Å². The minimum atomic E-state index is -4.44. The lowest BCUT2D eigenvalue weighted by atomic mass is 9.77. The normalized spacial score (nSPS) is 19.7. The summed E-state index contributed by atoms with van der Waals surface area (Å²) >= 11 is 0. The summed E-state index contributed by atoms with van der Waals surface area (Å²) in [6.45, 7) is 2.09. The van der Waals surface area contributed by atoms with Gasteiger partial charge < -0.3 is 0 Å². The number of carbonyl (C=O) groups is 1. The largest absolute Gasteiger partial charge is 0.416 e. The topological polar surface area (TPSA) is 17.1 Å². The Morgan fingerprint density at radius 1 is 0.735 bits per heavy atom. The average molecular weight is 480 g/mol. The summed E-state index contributed by atoms with van der Waals surface area (Å²) in [5.41, 5.74) is 0.491. The van der Waals surface area contributed by atoms with Crippen LogP contribution in [0.3, 0.4) is 0 Å². The molecule has 1 atom stereocenters. The van der Waals surface area contributed by atoms with E-state index < -0.39 is 23.5 Å². The number of hydrogen-bond donors (Lipinski definition) is 0. The van der Waals surface area contributed by atoms with Crippen LogP contribution in [0.1, 0.15) is 67.7 Å². The van der Waals surface area contributed by atoms with E-state index in [1.165, 1.54) is 24.3 Å². The number of Topliss-reactive ketones (excluding diaryl/α,β-unsaturated/α-hetero) is 1. The fourth-order valence-corrected chi connectivity index (χ4v) is 4.16. The highest BCUT2D eigenvalue weighted by Crippen LogP contribution is 2.36. The first kappa shape index (κ1) is 25.8. The monoisotopic (exact) mass is 480 g/mol. The first-order chi connectivity index (χ1) is 16.0. The second kappa shape index (κ2) is 10.6. The Hall–Kier alpha value is -2.83. The van der Waals surface area contributed by atoms with Gasteiger partial charge in [-0.25, -0.2) is 0 Å². The van der Waals surface area contributed by atoms with Crippen LogP contribution in [0.4, 0.5) is 26.3 Å².